The second-order valence-corrected chi connectivity index (χ2v) is 13.9. The molecule has 1 aliphatic heterocycles. The number of rotatable bonds is 12. The number of nitrogens with zero attached hydrogens (tertiary/aromatic N) is 1. The number of fused-ring (bicyclic) bond motifs is 1. The number of benzene rings is 4. The van der Waals surface area contributed by atoms with Gasteiger partial charge in [0.1, 0.15) is 11.5 Å². The van der Waals surface area contributed by atoms with Crippen molar-refractivity contribution in [1.29, 1.82) is 0 Å². The van der Waals surface area contributed by atoms with Gasteiger partial charge in [0.05, 0.1) is 6.54 Å². The summed E-state index contributed by atoms with van der Waals surface area (Å²) in [6, 6.07) is 31.5. The van der Waals surface area contributed by atoms with Crippen LogP contribution in [0.1, 0.15) is 69.9 Å². The molecule has 254 valence electrons. The van der Waals surface area contributed by atoms with Crippen molar-refractivity contribution in [2.45, 2.75) is 50.9 Å². The molecular weight excluding hydrogens is 635 g/mol. The van der Waals surface area contributed by atoms with Gasteiger partial charge in [-0.05, 0) is 112 Å². The molecule has 49 heavy (non-hydrogen) atoms. The molecule has 0 saturated carbocycles. The molecule has 2 heterocycles. The van der Waals surface area contributed by atoms with E-state index in [-0.39, 0.29) is 30.1 Å². The monoisotopic (exact) mass is 678 g/mol. The van der Waals surface area contributed by atoms with E-state index in [0.29, 0.717) is 17.3 Å². The fourth-order valence-electron chi connectivity index (χ4n) is 7.16. The van der Waals surface area contributed by atoms with Gasteiger partial charge < -0.3 is 20.5 Å². The average molecular weight is 679 g/mol. The summed E-state index contributed by atoms with van der Waals surface area (Å²) in [5.74, 6) is -0.468. The number of aromatic nitrogens is 1. The first-order valence-corrected chi connectivity index (χ1v) is 17.5. The van der Waals surface area contributed by atoms with Crippen LogP contribution in [-0.2, 0) is 10.2 Å². The zero-order valence-electron chi connectivity index (χ0n) is 28.2. The third-order valence-corrected chi connectivity index (χ3v) is 10.3. The van der Waals surface area contributed by atoms with Crippen molar-refractivity contribution in [1.82, 2.24) is 20.5 Å². The normalized spacial score (nSPS) is 14.2. The highest BCUT2D eigenvalue weighted by Gasteiger charge is 2.35. The molecule has 0 spiro atoms. The Hall–Kier alpha value is -4.46. The van der Waals surface area contributed by atoms with Crippen molar-refractivity contribution >= 4 is 34.3 Å². The predicted molar refractivity (Wildman–Crippen MR) is 196 cm³/mol. The second-order valence-electron chi connectivity index (χ2n) is 13.4. The quantitative estimate of drug-likeness (QED) is 0.125. The number of carbonyl (C=O) groups is 2. The van der Waals surface area contributed by atoms with Crippen molar-refractivity contribution in [2.24, 2.45) is 0 Å². The van der Waals surface area contributed by atoms with Crippen molar-refractivity contribution in [3.05, 3.63) is 141 Å². The molecule has 4 aromatic carbocycles. The molecule has 0 bridgehead atoms. The van der Waals surface area contributed by atoms with E-state index in [2.05, 4.69) is 82.9 Å². The summed E-state index contributed by atoms with van der Waals surface area (Å²) in [7, 11) is 0. The summed E-state index contributed by atoms with van der Waals surface area (Å²) in [6.45, 7) is 7.17. The minimum atomic E-state index is -0.483. The fraction of sp³-hybridized carbons (Fsp3) is 0.317. The zero-order valence-corrected chi connectivity index (χ0v) is 29.0. The molecule has 0 radical (unpaired) electrons. The van der Waals surface area contributed by atoms with Gasteiger partial charge >= 0.3 is 0 Å². The van der Waals surface area contributed by atoms with Crippen molar-refractivity contribution < 1.29 is 14.0 Å². The Bertz CT molecular complexity index is 1850. The average Bonchev–Trinajstić information content (AvgIpc) is 3.54. The van der Waals surface area contributed by atoms with Crippen LogP contribution >= 0.6 is 11.6 Å². The lowest BCUT2D eigenvalue weighted by Crippen LogP contribution is -2.45. The number of hydrogen-bond donors (Lipinski definition) is 3. The standard InChI is InChI=1S/C41H44ClFN4O2/c1-28-8-12-32(13-9-28)41(33-14-10-29(2)11-15-33,20-5-21-47-22-18-30(19-23-47)35-6-3-4-7-36(35)43)27-45-39(48)26-44-40(49)38-25-31-24-34(42)16-17-37(31)46-38/h3-4,6-17,24-25,30,46H,5,18-23,26-27H2,1-2H3,(H,44,49)(H,45,48). The van der Waals surface area contributed by atoms with Crippen LogP contribution in [0, 0.1) is 19.7 Å². The number of nitrogens with one attached hydrogen (secondary N) is 3. The fourth-order valence-corrected chi connectivity index (χ4v) is 7.35. The molecule has 6 rings (SSSR count). The number of carbonyl (C=O) groups excluding carboxylic acids is 2. The third kappa shape index (κ3) is 8.23. The van der Waals surface area contributed by atoms with Crippen LogP contribution in [0.5, 0.6) is 0 Å². The number of hydrogen-bond acceptors (Lipinski definition) is 3. The summed E-state index contributed by atoms with van der Waals surface area (Å²) in [6.07, 6.45) is 3.62. The number of amides is 2. The summed E-state index contributed by atoms with van der Waals surface area (Å²) >= 11 is 6.11. The number of aryl methyl sites for hydroxylation is 2. The van der Waals surface area contributed by atoms with E-state index in [1.165, 1.54) is 11.1 Å². The zero-order chi connectivity index (χ0) is 34.4. The van der Waals surface area contributed by atoms with Gasteiger partial charge in [0.2, 0.25) is 5.91 Å². The Morgan fingerprint density at radius 2 is 1.53 bits per heavy atom. The van der Waals surface area contributed by atoms with Gasteiger partial charge in [-0.3, -0.25) is 9.59 Å². The number of halogens is 2. The maximum absolute atomic E-state index is 14.5. The Morgan fingerprint density at radius 1 is 0.878 bits per heavy atom. The highest BCUT2D eigenvalue weighted by molar-refractivity contribution is 6.31. The van der Waals surface area contributed by atoms with Gasteiger partial charge in [-0.1, -0.05) is 89.5 Å². The van der Waals surface area contributed by atoms with E-state index in [1.807, 2.05) is 18.2 Å². The molecule has 6 nitrogen and oxygen atoms in total. The van der Waals surface area contributed by atoms with Crippen molar-refractivity contribution in [3.63, 3.8) is 0 Å². The molecule has 0 atom stereocenters. The third-order valence-electron chi connectivity index (χ3n) is 10.0. The van der Waals surface area contributed by atoms with Crippen molar-refractivity contribution in [3.8, 4) is 0 Å². The molecule has 5 aromatic rings. The molecule has 8 heteroatoms. The predicted octanol–water partition coefficient (Wildman–Crippen LogP) is 8.07. The van der Waals surface area contributed by atoms with Crippen LogP contribution in [-0.4, -0.2) is 54.4 Å². The number of H-pyrrole nitrogens is 1. The molecule has 0 unspecified atom stereocenters. The summed E-state index contributed by atoms with van der Waals surface area (Å²) < 4.78 is 14.5. The summed E-state index contributed by atoms with van der Waals surface area (Å²) in [5.41, 5.74) is 6.14. The first-order chi connectivity index (χ1) is 23.7. The van der Waals surface area contributed by atoms with E-state index in [1.54, 1.807) is 30.3 Å². The minimum Gasteiger partial charge on any atom is -0.353 e. The maximum atomic E-state index is 14.5. The lowest BCUT2D eigenvalue weighted by Gasteiger charge is -2.37. The highest BCUT2D eigenvalue weighted by Crippen LogP contribution is 2.38. The molecule has 1 aliphatic rings. The maximum Gasteiger partial charge on any atom is 0.268 e. The summed E-state index contributed by atoms with van der Waals surface area (Å²) in [5, 5.41) is 7.36. The van der Waals surface area contributed by atoms with E-state index < -0.39 is 5.41 Å². The largest absolute Gasteiger partial charge is 0.353 e. The Balaban J connectivity index is 1.14. The lowest BCUT2D eigenvalue weighted by atomic mass is 9.70. The van der Waals surface area contributed by atoms with Crippen LogP contribution in [0.15, 0.2) is 97.1 Å². The van der Waals surface area contributed by atoms with Gasteiger partial charge in [-0.15, -0.1) is 0 Å². The van der Waals surface area contributed by atoms with Crippen LogP contribution in [0.2, 0.25) is 5.02 Å². The van der Waals surface area contributed by atoms with Gasteiger partial charge in [-0.25, -0.2) is 4.39 Å². The van der Waals surface area contributed by atoms with E-state index >= 15 is 0 Å². The molecule has 1 aromatic heterocycles. The summed E-state index contributed by atoms with van der Waals surface area (Å²) in [4.78, 5) is 31.8. The SMILES string of the molecule is Cc1ccc(C(CCCN2CCC(c3ccccc3F)CC2)(CNC(=O)CNC(=O)c2cc3cc(Cl)ccc3[nH]2)c2ccc(C)cc2)cc1. The molecule has 1 fully saturated rings. The van der Waals surface area contributed by atoms with Crippen molar-refractivity contribution in [2.75, 3.05) is 32.7 Å². The molecule has 3 N–H and O–H groups in total. The smallest absolute Gasteiger partial charge is 0.268 e. The van der Waals surface area contributed by atoms with Crippen LogP contribution < -0.4 is 10.6 Å². The molecule has 2 amide bonds. The first kappa shape index (κ1) is 34.4. The van der Waals surface area contributed by atoms with Gasteiger partial charge in [0.15, 0.2) is 0 Å². The Kier molecular flexibility index (Phi) is 10.8. The van der Waals surface area contributed by atoms with Gasteiger partial charge in [0.25, 0.3) is 5.91 Å². The lowest BCUT2D eigenvalue weighted by molar-refractivity contribution is -0.120. The Labute approximate surface area is 293 Å². The van der Waals surface area contributed by atoms with E-state index in [0.717, 1.165) is 72.9 Å². The number of likely N-dealkylation sites (tertiary alicyclic amines) is 1. The van der Waals surface area contributed by atoms with Gasteiger partial charge in [-0.2, -0.15) is 0 Å². The Morgan fingerprint density at radius 3 is 2.18 bits per heavy atom. The van der Waals surface area contributed by atoms with Gasteiger partial charge in [0, 0.05) is 27.9 Å². The van der Waals surface area contributed by atoms with Crippen LogP contribution in [0.25, 0.3) is 10.9 Å². The van der Waals surface area contributed by atoms with Crippen LogP contribution in [0.3, 0.4) is 0 Å². The van der Waals surface area contributed by atoms with E-state index in [4.69, 9.17) is 11.6 Å². The minimum absolute atomic E-state index is 0.105. The topological polar surface area (TPSA) is 77.2 Å². The highest BCUT2D eigenvalue weighted by atomic mass is 35.5. The number of aromatic amines is 1. The second kappa shape index (κ2) is 15.4. The molecule has 1 saturated heterocycles. The molecular formula is C41H44ClFN4O2. The molecule has 0 aliphatic carbocycles. The van der Waals surface area contributed by atoms with Crippen LogP contribution in [0.4, 0.5) is 4.39 Å². The first-order valence-electron chi connectivity index (χ1n) is 17.1. The number of piperidine rings is 1. The van der Waals surface area contributed by atoms with E-state index in [9.17, 15) is 14.0 Å².